The van der Waals surface area contributed by atoms with E-state index in [0.29, 0.717) is 6.61 Å². The first kappa shape index (κ1) is 38.1. The van der Waals surface area contributed by atoms with Crippen molar-refractivity contribution in [3.63, 3.8) is 0 Å². The molecule has 6 saturated carbocycles. The van der Waals surface area contributed by atoms with Gasteiger partial charge in [-0.25, -0.2) is 14.4 Å². The SMILES string of the molecule is CC(C)(C)OC(=O)NC12CCC(CO)(CC1)CC2.CC(C)(C)OC(=O)OC(=O)OC(C)(C)C.NC12CCC(CO)(CC1)CC2. The van der Waals surface area contributed by atoms with Crippen LogP contribution in [0.5, 0.6) is 0 Å². The molecule has 0 aromatic rings. The number of carbonyl (C=O) groups is 3. The molecule has 11 nitrogen and oxygen atoms in total. The van der Waals surface area contributed by atoms with Crippen LogP contribution in [0.3, 0.4) is 0 Å². The van der Waals surface area contributed by atoms with Crippen molar-refractivity contribution in [2.45, 2.75) is 167 Å². The number of nitrogens with one attached hydrogen (secondary N) is 1. The number of aliphatic hydroxyl groups is 2. The van der Waals surface area contributed by atoms with E-state index in [1.165, 1.54) is 0 Å². The monoisotopic (exact) mass is 628 g/mol. The van der Waals surface area contributed by atoms with Crippen molar-refractivity contribution >= 4 is 18.4 Å². The number of hydrogen-bond donors (Lipinski definition) is 4. The molecule has 0 aromatic carbocycles. The Bertz CT molecular complexity index is 916. The summed E-state index contributed by atoms with van der Waals surface area (Å²) < 4.78 is 19.1. The zero-order chi connectivity index (χ0) is 33.7. The molecule has 0 radical (unpaired) electrons. The van der Waals surface area contributed by atoms with Crippen LogP contribution in [0, 0.1) is 10.8 Å². The topological polar surface area (TPSA) is 167 Å². The van der Waals surface area contributed by atoms with Gasteiger partial charge in [-0.05, 0) is 150 Å². The van der Waals surface area contributed by atoms with Crippen LogP contribution in [0.25, 0.3) is 0 Å². The molecule has 6 fully saturated rings. The molecule has 6 aliphatic carbocycles. The first-order valence-corrected chi connectivity index (χ1v) is 16.1. The summed E-state index contributed by atoms with van der Waals surface area (Å²) in [6.45, 7) is 16.3. The van der Waals surface area contributed by atoms with Crippen LogP contribution in [-0.4, -0.2) is 69.7 Å². The molecule has 0 unspecified atom stereocenters. The molecular formula is C33H60N2O9. The number of ether oxygens (including phenoxy) is 4. The van der Waals surface area contributed by atoms with Crippen molar-refractivity contribution in [3.05, 3.63) is 0 Å². The van der Waals surface area contributed by atoms with Gasteiger partial charge in [-0.1, -0.05) is 0 Å². The minimum atomic E-state index is -1.06. The predicted molar refractivity (Wildman–Crippen MR) is 167 cm³/mol. The number of fused-ring (bicyclic) bond motifs is 6. The highest BCUT2D eigenvalue weighted by atomic mass is 16.8. The minimum absolute atomic E-state index is 0.0841. The molecule has 11 heteroatoms. The van der Waals surface area contributed by atoms with Crippen LogP contribution in [0.1, 0.15) is 139 Å². The third kappa shape index (κ3) is 12.4. The summed E-state index contributed by atoms with van der Waals surface area (Å²) in [6, 6.07) is 0. The summed E-state index contributed by atoms with van der Waals surface area (Å²) >= 11 is 0. The van der Waals surface area contributed by atoms with Gasteiger partial charge in [0.15, 0.2) is 0 Å². The third-order valence-electron chi connectivity index (χ3n) is 9.24. The average Bonchev–Trinajstić information content (AvgIpc) is 2.87. The Morgan fingerprint density at radius 3 is 1.20 bits per heavy atom. The highest BCUT2D eigenvalue weighted by molar-refractivity contribution is 5.77. The fourth-order valence-electron chi connectivity index (χ4n) is 6.35. The number of alkyl carbamates (subject to hydrolysis) is 1. The van der Waals surface area contributed by atoms with Gasteiger partial charge < -0.3 is 40.2 Å². The molecule has 0 aromatic heterocycles. The number of amides is 1. The molecule has 0 atom stereocenters. The molecule has 6 aliphatic rings. The van der Waals surface area contributed by atoms with Gasteiger partial charge >= 0.3 is 18.4 Å². The Kier molecular flexibility index (Phi) is 12.2. The molecule has 256 valence electrons. The van der Waals surface area contributed by atoms with Gasteiger partial charge in [0.1, 0.15) is 16.8 Å². The van der Waals surface area contributed by atoms with Gasteiger partial charge in [0.2, 0.25) is 0 Å². The summed E-state index contributed by atoms with van der Waals surface area (Å²) in [5.74, 6) is 0. The quantitative estimate of drug-likeness (QED) is 0.154. The number of hydrogen-bond acceptors (Lipinski definition) is 10. The highest BCUT2D eigenvalue weighted by Crippen LogP contribution is 2.52. The van der Waals surface area contributed by atoms with Crippen molar-refractivity contribution in [3.8, 4) is 0 Å². The van der Waals surface area contributed by atoms with Crippen LogP contribution in [0.15, 0.2) is 0 Å². The number of aliphatic hydroxyl groups excluding tert-OH is 2. The first-order chi connectivity index (χ1) is 20.0. The van der Waals surface area contributed by atoms with E-state index in [1.807, 2.05) is 20.8 Å². The smallest absolute Gasteiger partial charge is 0.444 e. The van der Waals surface area contributed by atoms with Gasteiger partial charge in [-0.2, -0.15) is 0 Å². The molecule has 0 spiro atoms. The minimum Gasteiger partial charge on any atom is -0.444 e. The normalized spacial score (nSPS) is 30.9. The van der Waals surface area contributed by atoms with Crippen LogP contribution < -0.4 is 11.1 Å². The summed E-state index contributed by atoms with van der Waals surface area (Å²) in [5.41, 5.74) is 4.77. The zero-order valence-corrected chi connectivity index (χ0v) is 28.7. The van der Waals surface area contributed by atoms with Crippen LogP contribution in [0.4, 0.5) is 14.4 Å². The predicted octanol–water partition coefficient (Wildman–Crippen LogP) is 6.50. The highest BCUT2D eigenvalue weighted by Gasteiger charge is 2.49. The van der Waals surface area contributed by atoms with E-state index in [4.69, 9.17) is 19.9 Å². The standard InChI is InChI=1S/C14H25NO3.C10H18O5.C9H17NO/c1-12(2,3)18-11(17)15-14-7-4-13(10-16,5-8-14)6-9-14;1-9(2,3)14-7(11)13-8(12)15-10(4,5)6;10-9-4-1-8(7-11,2-5-9)3-6-9/h16H,4-10H2,1-3H3,(H,15,17);1-6H3;11H,1-7,10H2. The molecule has 44 heavy (non-hydrogen) atoms. The Hall–Kier alpha value is -2.11. The lowest BCUT2D eigenvalue weighted by atomic mass is 9.57. The lowest BCUT2D eigenvalue weighted by Crippen LogP contribution is -2.58. The fraction of sp³-hybridized carbons (Fsp3) is 0.909. The largest absolute Gasteiger partial charge is 0.519 e. The maximum Gasteiger partial charge on any atom is 0.519 e. The van der Waals surface area contributed by atoms with E-state index in [-0.39, 0.29) is 34.6 Å². The maximum atomic E-state index is 11.9. The Morgan fingerprint density at radius 1 is 0.591 bits per heavy atom. The van der Waals surface area contributed by atoms with Crippen molar-refractivity contribution in [2.24, 2.45) is 16.6 Å². The average molecular weight is 629 g/mol. The number of carbonyl (C=O) groups excluding carboxylic acids is 3. The lowest BCUT2D eigenvalue weighted by Gasteiger charge is -2.52. The Labute approximate surface area is 264 Å². The van der Waals surface area contributed by atoms with Crippen LogP contribution in [-0.2, 0) is 18.9 Å². The molecule has 0 heterocycles. The van der Waals surface area contributed by atoms with Gasteiger partial charge in [0.25, 0.3) is 0 Å². The fourth-order valence-corrected chi connectivity index (χ4v) is 6.35. The number of nitrogens with two attached hydrogens (primary N) is 1. The van der Waals surface area contributed by atoms with Crippen LogP contribution in [0.2, 0.25) is 0 Å². The van der Waals surface area contributed by atoms with E-state index in [1.54, 1.807) is 41.5 Å². The molecule has 0 aliphatic heterocycles. The van der Waals surface area contributed by atoms with Crippen molar-refractivity contribution in [2.75, 3.05) is 13.2 Å². The first-order valence-electron chi connectivity index (χ1n) is 16.1. The summed E-state index contributed by atoms with van der Waals surface area (Å²) in [7, 11) is 0. The third-order valence-corrected chi connectivity index (χ3v) is 9.24. The van der Waals surface area contributed by atoms with Gasteiger partial charge in [0, 0.05) is 24.3 Å². The zero-order valence-electron chi connectivity index (χ0n) is 28.7. The second-order valence-electron chi connectivity index (χ2n) is 16.6. The molecule has 4 bridgehead atoms. The van der Waals surface area contributed by atoms with Crippen molar-refractivity contribution in [1.82, 2.24) is 5.32 Å². The molecule has 5 N–H and O–H groups in total. The van der Waals surface area contributed by atoms with Gasteiger partial charge in [-0.15, -0.1) is 0 Å². The summed E-state index contributed by atoms with van der Waals surface area (Å²) in [5, 5.41) is 21.8. The van der Waals surface area contributed by atoms with E-state index in [9.17, 15) is 24.6 Å². The van der Waals surface area contributed by atoms with E-state index >= 15 is 0 Å². The number of rotatable bonds is 3. The second kappa shape index (κ2) is 14.1. The second-order valence-corrected chi connectivity index (χ2v) is 16.6. The summed E-state index contributed by atoms with van der Waals surface area (Å²) in [4.78, 5) is 33.9. The van der Waals surface area contributed by atoms with E-state index in [0.717, 1.165) is 77.0 Å². The molecule has 0 saturated heterocycles. The molecule has 1 amide bonds. The van der Waals surface area contributed by atoms with E-state index < -0.39 is 29.1 Å². The lowest BCUT2D eigenvalue weighted by molar-refractivity contribution is -0.0295. The van der Waals surface area contributed by atoms with Crippen molar-refractivity contribution < 1.29 is 43.5 Å². The maximum absolute atomic E-state index is 11.9. The Morgan fingerprint density at radius 2 is 0.909 bits per heavy atom. The van der Waals surface area contributed by atoms with Gasteiger partial charge in [0.05, 0.1) is 0 Å². The summed E-state index contributed by atoms with van der Waals surface area (Å²) in [6.07, 6.45) is 10.4. The van der Waals surface area contributed by atoms with Crippen molar-refractivity contribution in [1.29, 1.82) is 0 Å². The molecular weight excluding hydrogens is 568 g/mol. The Balaban J connectivity index is 0.000000237. The van der Waals surface area contributed by atoms with Gasteiger partial charge in [-0.3, -0.25) is 0 Å². The van der Waals surface area contributed by atoms with Crippen LogP contribution >= 0.6 is 0 Å². The molecule has 6 rings (SSSR count). The van der Waals surface area contributed by atoms with E-state index in [2.05, 4.69) is 10.1 Å².